The average molecular weight is 289 g/mol. The van der Waals surface area contributed by atoms with Crippen LogP contribution in [0.2, 0.25) is 0 Å². The summed E-state index contributed by atoms with van der Waals surface area (Å²) in [4.78, 5) is 0. The first-order valence-corrected chi connectivity index (χ1v) is 7.59. The smallest absolute Gasteiger partial charge is 0.382 e. The fraction of sp³-hybridized carbons (Fsp3) is 0.571. The van der Waals surface area contributed by atoms with Gasteiger partial charge in [0.15, 0.2) is 0 Å². The Bertz CT molecular complexity index is 402. The van der Waals surface area contributed by atoms with Crippen molar-refractivity contribution in [3.05, 3.63) is 29.8 Å². The fourth-order valence-electron chi connectivity index (χ4n) is 2.45. The lowest BCUT2D eigenvalue weighted by atomic mass is 10.2. The molecule has 1 N–H and O–H groups in total. The Labute approximate surface area is 116 Å². The van der Waals surface area contributed by atoms with E-state index < -0.39 is 11.7 Å². The van der Waals surface area contributed by atoms with Crippen molar-refractivity contribution in [2.45, 2.75) is 43.7 Å². The molecule has 5 heteroatoms. The molecule has 2 rings (SSSR count). The maximum absolute atomic E-state index is 12.4. The number of thioether (sulfide) groups is 1. The van der Waals surface area contributed by atoms with E-state index in [2.05, 4.69) is 12.2 Å². The van der Waals surface area contributed by atoms with E-state index in [9.17, 15) is 13.2 Å². The highest BCUT2D eigenvalue weighted by molar-refractivity contribution is 7.99. The van der Waals surface area contributed by atoms with Crippen LogP contribution in [-0.4, -0.2) is 17.0 Å². The third kappa shape index (κ3) is 4.06. The van der Waals surface area contributed by atoms with Crippen LogP contribution in [0.4, 0.5) is 18.9 Å². The van der Waals surface area contributed by atoms with Gasteiger partial charge in [0.05, 0.1) is 5.56 Å². The molecule has 0 aliphatic heterocycles. The van der Waals surface area contributed by atoms with E-state index >= 15 is 0 Å². The molecule has 1 aliphatic rings. The van der Waals surface area contributed by atoms with Gasteiger partial charge in [0.2, 0.25) is 0 Å². The zero-order valence-corrected chi connectivity index (χ0v) is 11.7. The van der Waals surface area contributed by atoms with Crippen LogP contribution >= 0.6 is 11.8 Å². The van der Waals surface area contributed by atoms with Crippen LogP contribution in [0.3, 0.4) is 0 Å². The van der Waals surface area contributed by atoms with Crippen molar-refractivity contribution in [3.63, 3.8) is 0 Å². The maximum atomic E-state index is 12.4. The monoisotopic (exact) mass is 289 g/mol. The molecule has 0 saturated heterocycles. The van der Waals surface area contributed by atoms with E-state index in [1.165, 1.54) is 18.6 Å². The van der Waals surface area contributed by atoms with E-state index in [0.717, 1.165) is 36.4 Å². The summed E-state index contributed by atoms with van der Waals surface area (Å²) in [6.07, 6.45) is -0.871. The average Bonchev–Trinajstić information content (AvgIpc) is 2.77. The van der Waals surface area contributed by atoms with Crippen molar-refractivity contribution in [2.24, 2.45) is 0 Å². The molecule has 1 saturated carbocycles. The van der Waals surface area contributed by atoms with Gasteiger partial charge in [0, 0.05) is 17.0 Å². The quantitative estimate of drug-likeness (QED) is 0.855. The van der Waals surface area contributed by atoms with Crippen molar-refractivity contribution in [2.75, 3.05) is 11.1 Å². The van der Waals surface area contributed by atoms with Gasteiger partial charge < -0.3 is 5.32 Å². The number of hydrogen-bond donors (Lipinski definition) is 1. The largest absolute Gasteiger partial charge is 0.416 e. The van der Waals surface area contributed by atoms with Crippen molar-refractivity contribution < 1.29 is 13.2 Å². The van der Waals surface area contributed by atoms with Gasteiger partial charge in [-0.2, -0.15) is 24.9 Å². The Hall–Kier alpha value is -0.840. The number of nitrogens with one attached hydrogen (secondary N) is 1. The molecule has 0 amide bonds. The molecule has 1 nitrogen and oxygen atoms in total. The third-order valence-corrected chi connectivity index (χ3v) is 4.60. The lowest BCUT2D eigenvalue weighted by molar-refractivity contribution is -0.137. The minimum absolute atomic E-state index is 0.390. The van der Waals surface area contributed by atoms with Crippen molar-refractivity contribution in [1.29, 1.82) is 0 Å². The number of benzene rings is 1. The fourth-order valence-corrected chi connectivity index (χ4v) is 3.59. The van der Waals surface area contributed by atoms with E-state index in [0.29, 0.717) is 11.3 Å². The molecular formula is C14H18F3NS. The highest BCUT2D eigenvalue weighted by Crippen LogP contribution is 2.33. The predicted molar refractivity (Wildman–Crippen MR) is 74.6 cm³/mol. The molecule has 0 aromatic heterocycles. The van der Waals surface area contributed by atoms with E-state index in [1.54, 1.807) is 0 Å². The Kier molecular flexibility index (Phi) is 4.66. The Morgan fingerprint density at radius 2 is 1.89 bits per heavy atom. The van der Waals surface area contributed by atoms with E-state index in [1.807, 2.05) is 11.8 Å². The Morgan fingerprint density at radius 1 is 1.21 bits per heavy atom. The van der Waals surface area contributed by atoms with Gasteiger partial charge in [-0.3, -0.25) is 0 Å². The summed E-state index contributed by atoms with van der Waals surface area (Å²) >= 11 is 1.97. The van der Waals surface area contributed by atoms with Crippen LogP contribution in [-0.2, 0) is 6.18 Å². The van der Waals surface area contributed by atoms with Crippen molar-refractivity contribution in [1.82, 2.24) is 0 Å². The highest BCUT2D eigenvalue weighted by Gasteiger charge is 2.30. The lowest BCUT2D eigenvalue weighted by Crippen LogP contribution is -2.16. The van der Waals surface area contributed by atoms with Gasteiger partial charge in [0.25, 0.3) is 0 Å². The molecule has 1 fully saturated rings. The van der Waals surface area contributed by atoms with Gasteiger partial charge in [-0.05, 0) is 49.3 Å². The topological polar surface area (TPSA) is 12.0 Å². The summed E-state index contributed by atoms with van der Waals surface area (Å²) in [7, 11) is 0. The first-order valence-electron chi connectivity index (χ1n) is 6.54. The zero-order valence-electron chi connectivity index (χ0n) is 10.8. The first-order chi connectivity index (χ1) is 8.99. The molecule has 106 valence electrons. The highest BCUT2D eigenvalue weighted by atomic mass is 32.2. The number of hydrogen-bond acceptors (Lipinski definition) is 2. The van der Waals surface area contributed by atoms with E-state index in [4.69, 9.17) is 0 Å². The van der Waals surface area contributed by atoms with Gasteiger partial charge in [-0.1, -0.05) is 6.92 Å². The van der Waals surface area contributed by atoms with Crippen LogP contribution in [0.5, 0.6) is 0 Å². The van der Waals surface area contributed by atoms with Crippen molar-refractivity contribution in [3.8, 4) is 0 Å². The molecule has 0 spiro atoms. The molecule has 1 aromatic carbocycles. The minimum atomic E-state index is -4.26. The zero-order chi connectivity index (χ0) is 13.9. The van der Waals surface area contributed by atoms with Crippen LogP contribution < -0.4 is 5.32 Å². The minimum Gasteiger partial charge on any atom is -0.382 e. The van der Waals surface area contributed by atoms with Crippen LogP contribution in [0.1, 0.15) is 31.7 Å². The molecule has 0 bridgehead atoms. The SMILES string of the molecule is CCSC1CCC(Nc2ccc(C(F)(F)F)cc2)C1. The second kappa shape index (κ2) is 6.07. The van der Waals surface area contributed by atoms with Gasteiger partial charge in [-0.25, -0.2) is 0 Å². The summed E-state index contributed by atoms with van der Waals surface area (Å²) in [6.45, 7) is 2.15. The second-order valence-electron chi connectivity index (χ2n) is 4.81. The van der Waals surface area contributed by atoms with Gasteiger partial charge >= 0.3 is 6.18 Å². The molecule has 0 heterocycles. The second-order valence-corrected chi connectivity index (χ2v) is 6.38. The molecule has 1 aliphatic carbocycles. The van der Waals surface area contributed by atoms with Crippen molar-refractivity contribution >= 4 is 17.4 Å². The molecule has 0 radical (unpaired) electrons. The summed E-state index contributed by atoms with van der Waals surface area (Å²) in [5.74, 6) is 1.12. The standard InChI is InChI=1S/C14H18F3NS/c1-2-19-13-8-7-12(9-13)18-11-5-3-10(4-6-11)14(15,16)17/h3-6,12-13,18H,2,7-9H2,1H3. The molecule has 2 unspecified atom stereocenters. The summed E-state index contributed by atoms with van der Waals surface area (Å²) in [6, 6.07) is 5.69. The maximum Gasteiger partial charge on any atom is 0.416 e. The normalized spacial score (nSPS) is 23.6. The lowest BCUT2D eigenvalue weighted by Gasteiger charge is -2.15. The molecule has 2 atom stereocenters. The third-order valence-electron chi connectivity index (χ3n) is 3.37. The number of rotatable bonds is 4. The van der Waals surface area contributed by atoms with Crippen LogP contribution in [0.25, 0.3) is 0 Å². The van der Waals surface area contributed by atoms with Crippen LogP contribution in [0.15, 0.2) is 24.3 Å². The van der Waals surface area contributed by atoms with E-state index in [-0.39, 0.29) is 0 Å². The first kappa shape index (κ1) is 14.6. The summed E-state index contributed by atoms with van der Waals surface area (Å²) in [5, 5.41) is 4.02. The Balaban J connectivity index is 1.90. The molecular weight excluding hydrogens is 271 g/mol. The predicted octanol–water partition coefficient (Wildman–Crippen LogP) is 4.79. The number of anilines is 1. The van der Waals surface area contributed by atoms with Crippen LogP contribution in [0, 0.1) is 0 Å². The molecule has 19 heavy (non-hydrogen) atoms. The summed E-state index contributed by atoms with van der Waals surface area (Å²) < 4.78 is 37.3. The number of halogens is 3. The number of alkyl halides is 3. The summed E-state index contributed by atoms with van der Waals surface area (Å²) in [5.41, 5.74) is 0.184. The van der Waals surface area contributed by atoms with Gasteiger partial charge in [-0.15, -0.1) is 0 Å². The van der Waals surface area contributed by atoms with Gasteiger partial charge in [0.1, 0.15) is 0 Å². The molecule has 1 aromatic rings. The Morgan fingerprint density at radius 3 is 2.47 bits per heavy atom.